The highest BCUT2D eigenvalue weighted by Crippen LogP contribution is 2.39. The molecule has 0 atom stereocenters. The molecule has 21 heavy (non-hydrogen) atoms. The molecule has 0 aliphatic heterocycles. The number of ether oxygens (including phenoxy) is 1. The first kappa shape index (κ1) is 17.6. The van der Waals surface area contributed by atoms with E-state index in [0.29, 0.717) is 11.5 Å². The molecule has 1 aromatic carbocycles. The Morgan fingerprint density at radius 2 is 1.76 bits per heavy atom. The van der Waals surface area contributed by atoms with E-state index in [2.05, 4.69) is 0 Å². The first-order chi connectivity index (χ1) is 10.2. The minimum Gasteiger partial charge on any atom is -0.489 e. The standard InChI is InChI=1S/C12H12I2O5S2/c13-20-18-8-5-9(17-7-3-1-2-4-7)11(12(15)16)10(6-8)19-21-14/h5-7H,1-4H2,(H,15,16). The van der Waals surface area contributed by atoms with Crippen molar-refractivity contribution >= 4 is 66.8 Å². The number of carboxylic acids is 1. The van der Waals surface area contributed by atoms with Crippen LogP contribution in [0.25, 0.3) is 0 Å². The summed E-state index contributed by atoms with van der Waals surface area (Å²) >= 11 is 3.94. The van der Waals surface area contributed by atoms with Gasteiger partial charge in [-0.15, -0.1) is 0 Å². The lowest BCUT2D eigenvalue weighted by Crippen LogP contribution is -2.14. The third-order valence-corrected chi connectivity index (χ3v) is 4.67. The van der Waals surface area contributed by atoms with Gasteiger partial charge in [-0.1, -0.05) is 0 Å². The topological polar surface area (TPSA) is 65.0 Å². The second kappa shape index (κ2) is 8.77. The Morgan fingerprint density at radius 3 is 2.33 bits per heavy atom. The Hall–Kier alpha value is 0.250. The van der Waals surface area contributed by atoms with Crippen LogP contribution in [0.3, 0.4) is 0 Å². The smallest absolute Gasteiger partial charge is 0.343 e. The van der Waals surface area contributed by atoms with Gasteiger partial charge in [-0.3, -0.25) is 0 Å². The van der Waals surface area contributed by atoms with Crippen LogP contribution in [-0.4, -0.2) is 17.2 Å². The maximum absolute atomic E-state index is 11.5. The summed E-state index contributed by atoms with van der Waals surface area (Å²) in [7, 11) is 2.20. The van der Waals surface area contributed by atoms with Crippen LogP contribution in [0.5, 0.6) is 17.2 Å². The summed E-state index contributed by atoms with van der Waals surface area (Å²) < 4.78 is 16.6. The maximum Gasteiger partial charge on any atom is 0.343 e. The average Bonchev–Trinajstić information content (AvgIpc) is 2.91. The van der Waals surface area contributed by atoms with Gasteiger partial charge in [0.15, 0.2) is 5.75 Å². The van der Waals surface area contributed by atoms with Gasteiger partial charge in [0, 0.05) is 54.5 Å². The Labute approximate surface area is 155 Å². The largest absolute Gasteiger partial charge is 0.489 e. The Morgan fingerprint density at radius 1 is 1.14 bits per heavy atom. The molecule has 0 saturated heterocycles. The molecule has 0 unspecified atom stereocenters. The van der Waals surface area contributed by atoms with Crippen LogP contribution in [0, 0.1) is 0 Å². The van der Waals surface area contributed by atoms with E-state index in [4.69, 9.17) is 13.1 Å². The highest BCUT2D eigenvalue weighted by molar-refractivity contribution is 14.2. The van der Waals surface area contributed by atoms with Crippen molar-refractivity contribution in [1.82, 2.24) is 0 Å². The Balaban J connectivity index is 2.38. The molecule has 0 aromatic heterocycles. The third-order valence-electron chi connectivity index (χ3n) is 3.10. The molecule has 5 nitrogen and oxygen atoms in total. The fraction of sp³-hybridized carbons (Fsp3) is 0.417. The number of benzene rings is 1. The van der Waals surface area contributed by atoms with E-state index in [9.17, 15) is 9.90 Å². The van der Waals surface area contributed by atoms with Crippen molar-refractivity contribution < 1.29 is 23.0 Å². The number of rotatable bonds is 7. The van der Waals surface area contributed by atoms with Gasteiger partial charge in [0.25, 0.3) is 0 Å². The summed E-state index contributed by atoms with van der Waals surface area (Å²) in [6.45, 7) is 0. The number of hydrogen-bond donors (Lipinski definition) is 1. The first-order valence-corrected chi connectivity index (χ1v) is 12.7. The Kier molecular flexibility index (Phi) is 7.35. The lowest BCUT2D eigenvalue weighted by atomic mass is 10.1. The maximum atomic E-state index is 11.5. The predicted molar refractivity (Wildman–Crippen MR) is 101 cm³/mol. The molecule has 0 spiro atoms. The number of hydrogen-bond acceptors (Lipinski definition) is 6. The Bertz CT molecular complexity index is 509. The zero-order valence-electron chi connectivity index (χ0n) is 10.7. The molecule has 9 heteroatoms. The second-order valence-electron chi connectivity index (χ2n) is 4.42. The fourth-order valence-corrected chi connectivity index (χ4v) is 3.81. The van der Waals surface area contributed by atoms with Gasteiger partial charge >= 0.3 is 5.97 Å². The summed E-state index contributed by atoms with van der Waals surface area (Å²) in [6, 6.07) is 3.17. The monoisotopic (exact) mass is 554 g/mol. The molecule has 1 fully saturated rings. The number of aromatic carboxylic acids is 1. The van der Waals surface area contributed by atoms with Gasteiger partial charge < -0.3 is 18.2 Å². The number of halogens is 2. The second-order valence-corrected chi connectivity index (χ2v) is 7.16. The van der Waals surface area contributed by atoms with Crippen molar-refractivity contribution in [3.63, 3.8) is 0 Å². The van der Waals surface area contributed by atoms with E-state index in [-0.39, 0.29) is 17.4 Å². The average molecular weight is 554 g/mol. The molecule has 1 N–H and O–H groups in total. The molecular weight excluding hydrogens is 542 g/mol. The van der Waals surface area contributed by atoms with Crippen LogP contribution in [0.1, 0.15) is 36.0 Å². The van der Waals surface area contributed by atoms with Gasteiger partial charge in [0.2, 0.25) is 0 Å². The molecular formula is C12H12I2O5S2. The van der Waals surface area contributed by atoms with Crippen molar-refractivity contribution in [2.75, 3.05) is 0 Å². The molecule has 1 aromatic rings. The number of carbonyl (C=O) groups is 1. The van der Waals surface area contributed by atoms with Crippen molar-refractivity contribution in [3.05, 3.63) is 17.7 Å². The number of carboxylic acid groups (broad SMARTS) is 1. The zero-order chi connectivity index (χ0) is 15.2. The van der Waals surface area contributed by atoms with Gasteiger partial charge in [-0.05, 0) is 25.7 Å². The fourth-order valence-electron chi connectivity index (χ4n) is 2.24. The van der Waals surface area contributed by atoms with Crippen LogP contribution < -0.4 is 13.1 Å². The molecule has 1 aliphatic carbocycles. The van der Waals surface area contributed by atoms with Crippen molar-refractivity contribution in [2.45, 2.75) is 31.8 Å². The highest BCUT2D eigenvalue weighted by Gasteiger charge is 2.25. The van der Waals surface area contributed by atoms with E-state index in [1.807, 2.05) is 42.4 Å². The van der Waals surface area contributed by atoms with Crippen molar-refractivity contribution in [2.24, 2.45) is 0 Å². The van der Waals surface area contributed by atoms with E-state index in [1.165, 1.54) is 0 Å². The first-order valence-electron chi connectivity index (χ1n) is 6.14. The zero-order valence-corrected chi connectivity index (χ0v) is 16.7. The minimum absolute atomic E-state index is 0.0388. The third kappa shape index (κ3) is 4.86. The molecule has 0 radical (unpaired) electrons. The molecule has 1 saturated carbocycles. The normalized spacial score (nSPS) is 15.0. The summed E-state index contributed by atoms with van der Waals surface area (Å²) in [5.74, 6) is -0.0272. The lowest BCUT2D eigenvalue weighted by Gasteiger charge is -2.17. The predicted octanol–water partition coefficient (Wildman–Crippen LogP) is 5.46. The summed E-state index contributed by atoms with van der Waals surface area (Å²) in [4.78, 5) is 11.5. The van der Waals surface area contributed by atoms with Crippen LogP contribution in [-0.2, 0) is 0 Å². The van der Waals surface area contributed by atoms with Crippen molar-refractivity contribution in [1.29, 1.82) is 0 Å². The molecule has 116 valence electrons. The van der Waals surface area contributed by atoms with Crippen LogP contribution >= 0.6 is 60.8 Å². The van der Waals surface area contributed by atoms with Gasteiger partial charge in [0.1, 0.15) is 35.5 Å². The van der Waals surface area contributed by atoms with Gasteiger partial charge in [-0.2, -0.15) is 0 Å². The molecule has 0 heterocycles. The van der Waals surface area contributed by atoms with Crippen LogP contribution in [0.15, 0.2) is 12.1 Å². The van der Waals surface area contributed by atoms with E-state index in [1.54, 1.807) is 12.1 Å². The molecule has 0 amide bonds. The van der Waals surface area contributed by atoms with E-state index in [0.717, 1.165) is 44.1 Å². The van der Waals surface area contributed by atoms with Crippen LogP contribution in [0.4, 0.5) is 0 Å². The minimum atomic E-state index is -1.07. The van der Waals surface area contributed by atoms with Gasteiger partial charge in [0.05, 0.1) is 6.10 Å². The van der Waals surface area contributed by atoms with Crippen LogP contribution in [0.2, 0.25) is 0 Å². The van der Waals surface area contributed by atoms with E-state index >= 15 is 0 Å². The molecule has 0 bridgehead atoms. The summed E-state index contributed by atoms with van der Waals surface area (Å²) in [6.07, 6.45) is 4.18. The SMILES string of the molecule is O=C(O)c1c(OSI)cc(OSI)cc1OC1CCCC1. The van der Waals surface area contributed by atoms with Crippen molar-refractivity contribution in [3.8, 4) is 17.2 Å². The van der Waals surface area contributed by atoms with E-state index < -0.39 is 5.97 Å². The summed E-state index contributed by atoms with van der Waals surface area (Å²) in [5, 5.41) is 9.45. The quantitative estimate of drug-likeness (QED) is 0.355. The molecule has 1 aliphatic rings. The highest BCUT2D eigenvalue weighted by atomic mass is 127. The molecule has 2 rings (SSSR count). The van der Waals surface area contributed by atoms with Gasteiger partial charge in [-0.25, -0.2) is 4.79 Å². The lowest BCUT2D eigenvalue weighted by molar-refractivity contribution is 0.0687. The summed E-state index contributed by atoms with van der Waals surface area (Å²) in [5.41, 5.74) is 0.0388.